The summed E-state index contributed by atoms with van der Waals surface area (Å²) in [5.41, 5.74) is 2.59. The number of aryl methyl sites for hydroxylation is 1. The fourth-order valence-corrected chi connectivity index (χ4v) is 1.22. The SMILES string of the molecule is CCc1ccc(/C=C/CCON)cc1. The molecule has 2 N–H and O–H groups in total. The highest BCUT2D eigenvalue weighted by molar-refractivity contribution is 5.49. The highest BCUT2D eigenvalue weighted by Gasteiger charge is 1.88. The number of benzene rings is 1. The second kappa shape index (κ2) is 6.35. The molecule has 0 aliphatic heterocycles. The molecule has 0 aliphatic rings. The molecule has 0 saturated carbocycles. The highest BCUT2D eigenvalue weighted by atomic mass is 16.6. The van der Waals surface area contributed by atoms with Gasteiger partial charge in [-0.3, -0.25) is 0 Å². The van der Waals surface area contributed by atoms with Crippen molar-refractivity contribution in [3.63, 3.8) is 0 Å². The Hall–Kier alpha value is -1.12. The minimum Gasteiger partial charge on any atom is -0.304 e. The van der Waals surface area contributed by atoms with Crippen molar-refractivity contribution < 1.29 is 4.84 Å². The molecule has 0 saturated heterocycles. The summed E-state index contributed by atoms with van der Waals surface area (Å²) in [5.74, 6) is 4.91. The molecule has 2 heteroatoms. The van der Waals surface area contributed by atoms with Crippen LogP contribution in [0.15, 0.2) is 30.3 Å². The van der Waals surface area contributed by atoms with Crippen molar-refractivity contribution in [2.75, 3.05) is 6.61 Å². The lowest BCUT2D eigenvalue weighted by Gasteiger charge is -1.97. The molecule has 0 bridgehead atoms. The Morgan fingerprint density at radius 2 is 2.00 bits per heavy atom. The Labute approximate surface area is 85.3 Å². The monoisotopic (exact) mass is 191 g/mol. The van der Waals surface area contributed by atoms with Gasteiger partial charge in [-0.15, -0.1) is 0 Å². The summed E-state index contributed by atoms with van der Waals surface area (Å²) >= 11 is 0. The maximum atomic E-state index is 4.91. The molecule has 0 aromatic heterocycles. The summed E-state index contributed by atoms with van der Waals surface area (Å²) in [4.78, 5) is 4.47. The van der Waals surface area contributed by atoms with Crippen LogP contribution in [-0.2, 0) is 11.3 Å². The summed E-state index contributed by atoms with van der Waals surface area (Å²) in [6.07, 6.45) is 6.09. The molecule has 76 valence electrons. The molecule has 0 amide bonds. The number of rotatable bonds is 5. The zero-order valence-electron chi connectivity index (χ0n) is 8.57. The Kier molecular flexibility index (Phi) is 4.97. The average molecular weight is 191 g/mol. The van der Waals surface area contributed by atoms with Crippen LogP contribution in [0.2, 0.25) is 0 Å². The first-order valence-electron chi connectivity index (χ1n) is 4.94. The predicted octanol–water partition coefficient (Wildman–Crippen LogP) is 2.54. The normalized spacial score (nSPS) is 11.0. The molecule has 14 heavy (non-hydrogen) atoms. The maximum absolute atomic E-state index is 4.91. The number of nitrogens with two attached hydrogens (primary N) is 1. The first-order valence-corrected chi connectivity index (χ1v) is 4.94. The van der Waals surface area contributed by atoms with E-state index >= 15 is 0 Å². The van der Waals surface area contributed by atoms with E-state index in [1.807, 2.05) is 0 Å². The lowest BCUT2D eigenvalue weighted by Crippen LogP contribution is -1.98. The molecule has 1 rings (SSSR count). The molecule has 0 heterocycles. The van der Waals surface area contributed by atoms with Crippen LogP contribution in [0, 0.1) is 0 Å². The molecular weight excluding hydrogens is 174 g/mol. The molecule has 1 aromatic rings. The largest absolute Gasteiger partial charge is 0.304 e. The highest BCUT2D eigenvalue weighted by Crippen LogP contribution is 2.06. The van der Waals surface area contributed by atoms with Crippen LogP contribution in [0.25, 0.3) is 6.08 Å². The molecule has 0 unspecified atom stereocenters. The minimum absolute atomic E-state index is 0.573. The van der Waals surface area contributed by atoms with E-state index in [4.69, 9.17) is 5.90 Å². The van der Waals surface area contributed by atoms with Crippen molar-refractivity contribution in [3.8, 4) is 0 Å². The van der Waals surface area contributed by atoms with E-state index in [-0.39, 0.29) is 0 Å². The molecule has 0 atom stereocenters. The van der Waals surface area contributed by atoms with E-state index in [0.717, 1.165) is 12.8 Å². The van der Waals surface area contributed by atoms with Gasteiger partial charge < -0.3 is 4.84 Å². The first-order chi connectivity index (χ1) is 6.86. The summed E-state index contributed by atoms with van der Waals surface area (Å²) in [6.45, 7) is 2.73. The van der Waals surface area contributed by atoms with Gasteiger partial charge in [0.15, 0.2) is 0 Å². The third kappa shape index (κ3) is 3.73. The molecule has 0 radical (unpaired) electrons. The van der Waals surface area contributed by atoms with E-state index in [2.05, 4.69) is 48.2 Å². The van der Waals surface area contributed by atoms with Crippen molar-refractivity contribution in [1.82, 2.24) is 0 Å². The van der Waals surface area contributed by atoms with E-state index in [9.17, 15) is 0 Å². The topological polar surface area (TPSA) is 35.2 Å². The van der Waals surface area contributed by atoms with E-state index in [1.54, 1.807) is 0 Å². The summed E-state index contributed by atoms with van der Waals surface area (Å²) in [6, 6.07) is 8.55. The zero-order valence-corrected chi connectivity index (χ0v) is 8.57. The molecular formula is C12H17NO. The van der Waals surface area contributed by atoms with Crippen LogP contribution in [0.1, 0.15) is 24.5 Å². The summed E-state index contributed by atoms with van der Waals surface area (Å²) in [5, 5.41) is 0. The van der Waals surface area contributed by atoms with Crippen LogP contribution in [0.3, 0.4) is 0 Å². The van der Waals surface area contributed by atoms with E-state index in [0.29, 0.717) is 6.61 Å². The molecule has 0 spiro atoms. The van der Waals surface area contributed by atoms with Gasteiger partial charge in [0.05, 0.1) is 6.61 Å². The Morgan fingerprint density at radius 3 is 2.57 bits per heavy atom. The summed E-state index contributed by atoms with van der Waals surface area (Å²) < 4.78 is 0. The zero-order chi connectivity index (χ0) is 10.2. The Bertz CT molecular complexity index is 277. The average Bonchev–Trinajstić information content (AvgIpc) is 2.25. The minimum atomic E-state index is 0.573. The van der Waals surface area contributed by atoms with Crippen molar-refractivity contribution in [2.24, 2.45) is 5.90 Å². The fourth-order valence-electron chi connectivity index (χ4n) is 1.22. The van der Waals surface area contributed by atoms with Gasteiger partial charge in [-0.05, 0) is 24.0 Å². The maximum Gasteiger partial charge on any atom is 0.0713 e. The van der Waals surface area contributed by atoms with Gasteiger partial charge in [-0.25, -0.2) is 5.90 Å². The Morgan fingerprint density at radius 1 is 1.29 bits per heavy atom. The van der Waals surface area contributed by atoms with Crippen molar-refractivity contribution in [1.29, 1.82) is 0 Å². The van der Waals surface area contributed by atoms with Crippen LogP contribution in [0.5, 0.6) is 0 Å². The van der Waals surface area contributed by atoms with Crippen LogP contribution >= 0.6 is 0 Å². The predicted molar refractivity (Wildman–Crippen MR) is 59.6 cm³/mol. The number of hydrogen-bond donors (Lipinski definition) is 1. The van der Waals surface area contributed by atoms with E-state index < -0.39 is 0 Å². The smallest absolute Gasteiger partial charge is 0.0713 e. The van der Waals surface area contributed by atoms with Gasteiger partial charge in [0.25, 0.3) is 0 Å². The fraction of sp³-hybridized carbons (Fsp3) is 0.333. The quantitative estimate of drug-likeness (QED) is 0.573. The van der Waals surface area contributed by atoms with Gasteiger partial charge >= 0.3 is 0 Å². The number of hydrogen-bond acceptors (Lipinski definition) is 2. The third-order valence-corrected chi connectivity index (χ3v) is 2.10. The van der Waals surface area contributed by atoms with Crippen LogP contribution < -0.4 is 5.90 Å². The molecule has 2 nitrogen and oxygen atoms in total. The second-order valence-corrected chi connectivity index (χ2v) is 3.16. The van der Waals surface area contributed by atoms with Gasteiger partial charge in [0.2, 0.25) is 0 Å². The second-order valence-electron chi connectivity index (χ2n) is 3.16. The first kappa shape index (κ1) is 11.0. The van der Waals surface area contributed by atoms with Crippen molar-refractivity contribution >= 4 is 6.08 Å². The van der Waals surface area contributed by atoms with Crippen molar-refractivity contribution in [3.05, 3.63) is 41.5 Å². The third-order valence-electron chi connectivity index (χ3n) is 2.10. The standard InChI is InChI=1S/C12H17NO/c1-2-11-6-8-12(9-7-11)5-3-4-10-14-13/h3,5-9H,2,4,10,13H2,1H3/b5-3+. The van der Waals surface area contributed by atoms with Gasteiger partial charge in [-0.1, -0.05) is 43.3 Å². The molecule has 1 aromatic carbocycles. The lowest BCUT2D eigenvalue weighted by molar-refractivity contribution is 0.143. The lowest BCUT2D eigenvalue weighted by atomic mass is 10.1. The molecule has 0 fully saturated rings. The van der Waals surface area contributed by atoms with Gasteiger partial charge in [0.1, 0.15) is 0 Å². The van der Waals surface area contributed by atoms with Crippen LogP contribution in [-0.4, -0.2) is 6.61 Å². The Balaban J connectivity index is 2.47. The van der Waals surface area contributed by atoms with E-state index in [1.165, 1.54) is 11.1 Å². The van der Waals surface area contributed by atoms with Gasteiger partial charge in [0, 0.05) is 0 Å². The van der Waals surface area contributed by atoms with Gasteiger partial charge in [-0.2, -0.15) is 0 Å². The molecule has 0 aliphatic carbocycles. The van der Waals surface area contributed by atoms with Crippen LogP contribution in [0.4, 0.5) is 0 Å². The van der Waals surface area contributed by atoms with Crippen molar-refractivity contribution in [2.45, 2.75) is 19.8 Å². The summed E-state index contributed by atoms with van der Waals surface area (Å²) in [7, 11) is 0.